The van der Waals surface area contributed by atoms with Gasteiger partial charge in [0.15, 0.2) is 0 Å². The van der Waals surface area contributed by atoms with Crippen molar-refractivity contribution in [1.29, 1.82) is 0 Å². The molecule has 1 N–H and O–H groups in total. The third-order valence-corrected chi connectivity index (χ3v) is 3.32. The lowest BCUT2D eigenvalue weighted by Crippen LogP contribution is -2.13. The summed E-state index contributed by atoms with van der Waals surface area (Å²) in [5.74, 6) is 0.688. The number of rotatable bonds is 5. The first-order valence-electron chi connectivity index (χ1n) is 5.72. The van der Waals surface area contributed by atoms with E-state index in [1.54, 1.807) is 13.3 Å². The number of benzene rings is 1. The van der Waals surface area contributed by atoms with Crippen LogP contribution >= 0.6 is 22.6 Å². The summed E-state index contributed by atoms with van der Waals surface area (Å²) in [5, 5.41) is 3.39. The Balaban J connectivity index is 1.90. The molecule has 2 rings (SSSR count). The van der Waals surface area contributed by atoms with Gasteiger partial charge in [-0.3, -0.25) is 0 Å². The lowest BCUT2D eigenvalue weighted by Gasteiger charge is -2.08. The molecule has 1 heterocycles. The molecule has 0 aliphatic rings. The molecule has 0 unspecified atom stereocenters. The van der Waals surface area contributed by atoms with Gasteiger partial charge in [-0.05, 0) is 46.4 Å². The van der Waals surface area contributed by atoms with Crippen molar-refractivity contribution in [3.8, 4) is 5.88 Å². The van der Waals surface area contributed by atoms with Crippen LogP contribution < -0.4 is 10.1 Å². The number of ether oxygens (including phenoxy) is 1. The van der Waals surface area contributed by atoms with Crippen LogP contribution in [0.3, 0.4) is 0 Å². The zero-order chi connectivity index (χ0) is 12.8. The highest BCUT2D eigenvalue weighted by atomic mass is 127. The monoisotopic (exact) mass is 354 g/mol. The van der Waals surface area contributed by atoms with Gasteiger partial charge in [-0.2, -0.15) is 0 Å². The van der Waals surface area contributed by atoms with E-state index in [0.717, 1.165) is 18.7 Å². The van der Waals surface area contributed by atoms with Gasteiger partial charge in [-0.15, -0.1) is 0 Å². The predicted octanol–water partition coefficient (Wildman–Crippen LogP) is 2.98. The predicted molar refractivity (Wildman–Crippen MR) is 80.5 cm³/mol. The second-order valence-electron chi connectivity index (χ2n) is 3.90. The Kier molecular flexibility index (Phi) is 4.95. The maximum atomic E-state index is 5.21. The van der Waals surface area contributed by atoms with Crippen LogP contribution in [0.25, 0.3) is 0 Å². The minimum Gasteiger partial charge on any atom is -0.481 e. The van der Waals surface area contributed by atoms with Gasteiger partial charge in [0.1, 0.15) is 0 Å². The van der Waals surface area contributed by atoms with Gasteiger partial charge in [0.05, 0.1) is 7.11 Å². The molecule has 0 bridgehead atoms. The fourth-order valence-corrected chi connectivity index (χ4v) is 2.05. The Morgan fingerprint density at radius 3 is 2.67 bits per heavy atom. The van der Waals surface area contributed by atoms with E-state index in [2.05, 4.69) is 57.2 Å². The van der Waals surface area contributed by atoms with Gasteiger partial charge >= 0.3 is 0 Å². The molecule has 0 atom stereocenters. The van der Waals surface area contributed by atoms with E-state index in [-0.39, 0.29) is 0 Å². The molecule has 0 saturated carbocycles. The summed E-state index contributed by atoms with van der Waals surface area (Å²) in [6.45, 7) is 1.60. The van der Waals surface area contributed by atoms with E-state index >= 15 is 0 Å². The first kappa shape index (κ1) is 13.3. The molecule has 1 aromatic carbocycles. The van der Waals surface area contributed by atoms with Gasteiger partial charge < -0.3 is 10.1 Å². The van der Waals surface area contributed by atoms with Crippen molar-refractivity contribution >= 4 is 22.6 Å². The standard InChI is InChI=1S/C14H15IN2O/c1-18-14-12(3-2-8-17-14)10-16-9-11-4-6-13(15)7-5-11/h2-8,16H,9-10H2,1H3. The van der Waals surface area contributed by atoms with Crippen molar-refractivity contribution in [2.75, 3.05) is 7.11 Å². The van der Waals surface area contributed by atoms with Gasteiger partial charge in [0.25, 0.3) is 0 Å². The summed E-state index contributed by atoms with van der Waals surface area (Å²) < 4.78 is 6.47. The van der Waals surface area contributed by atoms with E-state index in [9.17, 15) is 0 Å². The summed E-state index contributed by atoms with van der Waals surface area (Å²) in [6.07, 6.45) is 1.74. The molecule has 94 valence electrons. The summed E-state index contributed by atoms with van der Waals surface area (Å²) >= 11 is 2.31. The Morgan fingerprint density at radius 2 is 1.94 bits per heavy atom. The van der Waals surface area contributed by atoms with Gasteiger partial charge in [0, 0.05) is 28.4 Å². The molecule has 2 aromatic rings. The highest BCUT2D eigenvalue weighted by molar-refractivity contribution is 14.1. The second-order valence-corrected chi connectivity index (χ2v) is 5.15. The first-order valence-corrected chi connectivity index (χ1v) is 6.80. The first-order chi connectivity index (χ1) is 8.79. The number of hydrogen-bond donors (Lipinski definition) is 1. The summed E-state index contributed by atoms with van der Waals surface area (Å²) in [5.41, 5.74) is 2.35. The Morgan fingerprint density at radius 1 is 1.17 bits per heavy atom. The van der Waals surface area contributed by atoms with E-state index < -0.39 is 0 Å². The van der Waals surface area contributed by atoms with Gasteiger partial charge in [-0.1, -0.05) is 18.2 Å². The molecule has 0 aliphatic heterocycles. The summed E-state index contributed by atoms with van der Waals surface area (Å²) in [7, 11) is 1.64. The normalized spacial score (nSPS) is 10.3. The van der Waals surface area contributed by atoms with Crippen molar-refractivity contribution in [3.05, 3.63) is 57.3 Å². The van der Waals surface area contributed by atoms with Crippen LogP contribution in [-0.2, 0) is 13.1 Å². The number of halogens is 1. The Hall–Kier alpha value is -1.14. The largest absolute Gasteiger partial charge is 0.481 e. The molecule has 4 heteroatoms. The number of aromatic nitrogens is 1. The number of methoxy groups -OCH3 is 1. The fourth-order valence-electron chi connectivity index (χ4n) is 1.69. The second kappa shape index (κ2) is 6.70. The number of pyridine rings is 1. The SMILES string of the molecule is COc1ncccc1CNCc1ccc(I)cc1. The highest BCUT2D eigenvalue weighted by Crippen LogP contribution is 2.13. The highest BCUT2D eigenvalue weighted by Gasteiger charge is 2.02. The zero-order valence-electron chi connectivity index (χ0n) is 10.2. The average molecular weight is 354 g/mol. The maximum absolute atomic E-state index is 5.21. The van der Waals surface area contributed by atoms with Crippen LogP contribution in [0.4, 0.5) is 0 Å². The quantitative estimate of drug-likeness (QED) is 0.839. The maximum Gasteiger partial charge on any atom is 0.217 e. The third kappa shape index (κ3) is 3.68. The number of hydrogen-bond acceptors (Lipinski definition) is 3. The molecule has 0 spiro atoms. The molecule has 0 amide bonds. The average Bonchev–Trinajstić information content (AvgIpc) is 2.41. The molecule has 0 aliphatic carbocycles. The number of nitrogens with one attached hydrogen (secondary N) is 1. The minimum absolute atomic E-state index is 0.688. The summed E-state index contributed by atoms with van der Waals surface area (Å²) in [6, 6.07) is 12.4. The number of nitrogens with zero attached hydrogens (tertiary/aromatic N) is 1. The zero-order valence-corrected chi connectivity index (χ0v) is 12.3. The van der Waals surface area contributed by atoms with Crippen molar-refractivity contribution in [2.45, 2.75) is 13.1 Å². The van der Waals surface area contributed by atoms with Crippen LogP contribution in [0, 0.1) is 3.57 Å². The van der Waals surface area contributed by atoms with Crippen molar-refractivity contribution < 1.29 is 4.74 Å². The Labute approximate surface area is 121 Å². The van der Waals surface area contributed by atoms with Crippen LogP contribution in [0.1, 0.15) is 11.1 Å². The molecule has 1 aromatic heterocycles. The van der Waals surface area contributed by atoms with E-state index in [0.29, 0.717) is 5.88 Å². The molecule has 0 fully saturated rings. The smallest absolute Gasteiger partial charge is 0.217 e. The minimum atomic E-state index is 0.688. The molecular formula is C14H15IN2O. The third-order valence-electron chi connectivity index (χ3n) is 2.60. The van der Waals surface area contributed by atoms with E-state index in [1.165, 1.54) is 9.13 Å². The molecule has 18 heavy (non-hydrogen) atoms. The lowest BCUT2D eigenvalue weighted by atomic mass is 10.2. The van der Waals surface area contributed by atoms with Crippen molar-refractivity contribution in [2.24, 2.45) is 0 Å². The molecule has 0 radical (unpaired) electrons. The van der Waals surface area contributed by atoms with Crippen LogP contribution in [0.15, 0.2) is 42.6 Å². The van der Waals surface area contributed by atoms with Crippen molar-refractivity contribution in [3.63, 3.8) is 0 Å². The van der Waals surface area contributed by atoms with Gasteiger partial charge in [-0.25, -0.2) is 4.98 Å². The van der Waals surface area contributed by atoms with E-state index in [1.807, 2.05) is 12.1 Å². The lowest BCUT2D eigenvalue weighted by molar-refractivity contribution is 0.390. The molecule has 3 nitrogen and oxygen atoms in total. The molecule has 0 saturated heterocycles. The van der Waals surface area contributed by atoms with Crippen LogP contribution in [0.5, 0.6) is 5.88 Å². The Bertz CT molecular complexity index is 499. The van der Waals surface area contributed by atoms with Crippen molar-refractivity contribution in [1.82, 2.24) is 10.3 Å². The fraction of sp³-hybridized carbons (Fsp3) is 0.214. The topological polar surface area (TPSA) is 34.1 Å². The van der Waals surface area contributed by atoms with E-state index in [4.69, 9.17) is 4.74 Å². The van der Waals surface area contributed by atoms with Crippen LogP contribution in [-0.4, -0.2) is 12.1 Å². The summed E-state index contributed by atoms with van der Waals surface area (Å²) in [4.78, 5) is 4.17. The van der Waals surface area contributed by atoms with Gasteiger partial charge in [0.2, 0.25) is 5.88 Å². The van der Waals surface area contributed by atoms with Crippen LogP contribution in [0.2, 0.25) is 0 Å². The molecular weight excluding hydrogens is 339 g/mol.